The van der Waals surface area contributed by atoms with E-state index in [0.29, 0.717) is 25.9 Å². The normalized spacial score (nSPS) is 22.9. The fraction of sp³-hybridized carbons (Fsp3) is 0.654. The highest BCUT2D eigenvalue weighted by Gasteiger charge is 2.49. The van der Waals surface area contributed by atoms with Gasteiger partial charge in [0.2, 0.25) is 17.7 Å². The molecule has 2 N–H and O–H groups in total. The zero-order valence-electron chi connectivity index (χ0n) is 21.1. The lowest BCUT2D eigenvalue weighted by molar-refractivity contribution is -0.144. The van der Waals surface area contributed by atoms with Gasteiger partial charge < -0.3 is 20.4 Å². The highest BCUT2D eigenvalue weighted by atomic mass is 35.5. The number of rotatable bonds is 6. The molecule has 1 atom stereocenters. The number of nitrogens with one attached hydrogen (secondary N) is 2. The molecule has 8 nitrogen and oxygen atoms in total. The summed E-state index contributed by atoms with van der Waals surface area (Å²) in [6, 6.07) is 8.20. The third-order valence-electron chi connectivity index (χ3n) is 7.82. The number of hydrogen-bond donors (Lipinski definition) is 2. The number of nitrogens with zero attached hydrogens (tertiary/aromatic N) is 3. The number of amides is 3. The SMILES string of the molecule is CC(=O)NC(C)(C)C(=O)N1CCC2(CC1)CC(CCN1CCN(c3cccc(Cl)c3)CC1)NC2=O. The fourth-order valence-electron chi connectivity index (χ4n) is 5.83. The Bertz CT molecular complexity index is 952. The van der Waals surface area contributed by atoms with Crippen molar-refractivity contribution in [3.63, 3.8) is 0 Å². The molecule has 9 heteroatoms. The molecular weight excluding hydrogens is 466 g/mol. The quantitative estimate of drug-likeness (QED) is 0.622. The van der Waals surface area contributed by atoms with Crippen LogP contribution in [0.1, 0.15) is 46.5 Å². The monoisotopic (exact) mass is 503 g/mol. The van der Waals surface area contributed by atoms with Gasteiger partial charge in [0, 0.05) is 69.5 Å². The number of halogens is 1. The van der Waals surface area contributed by atoms with Crippen molar-refractivity contribution in [3.05, 3.63) is 29.3 Å². The van der Waals surface area contributed by atoms with E-state index in [9.17, 15) is 14.4 Å². The van der Waals surface area contributed by atoms with E-state index < -0.39 is 5.54 Å². The molecular formula is C26H38ClN5O3. The van der Waals surface area contributed by atoms with Crippen LogP contribution in [0.3, 0.4) is 0 Å². The molecule has 1 unspecified atom stereocenters. The van der Waals surface area contributed by atoms with Crippen LogP contribution in [0.5, 0.6) is 0 Å². The molecule has 3 amide bonds. The van der Waals surface area contributed by atoms with Gasteiger partial charge in [-0.15, -0.1) is 0 Å². The smallest absolute Gasteiger partial charge is 0.247 e. The third kappa shape index (κ3) is 5.92. The van der Waals surface area contributed by atoms with Gasteiger partial charge in [0.05, 0.1) is 5.41 Å². The molecule has 0 radical (unpaired) electrons. The van der Waals surface area contributed by atoms with E-state index >= 15 is 0 Å². The number of benzene rings is 1. The van der Waals surface area contributed by atoms with E-state index in [-0.39, 0.29) is 29.2 Å². The number of hydrogen-bond acceptors (Lipinski definition) is 5. The van der Waals surface area contributed by atoms with Crippen LogP contribution in [-0.4, -0.2) is 84.9 Å². The first-order valence-corrected chi connectivity index (χ1v) is 13.1. The molecule has 3 aliphatic rings. The molecule has 3 aliphatic heterocycles. The van der Waals surface area contributed by atoms with E-state index in [1.165, 1.54) is 12.6 Å². The largest absolute Gasteiger partial charge is 0.369 e. The summed E-state index contributed by atoms with van der Waals surface area (Å²) in [4.78, 5) is 44.0. The van der Waals surface area contributed by atoms with Gasteiger partial charge in [-0.1, -0.05) is 17.7 Å². The van der Waals surface area contributed by atoms with E-state index in [0.717, 1.165) is 50.6 Å². The zero-order chi connectivity index (χ0) is 25.2. The minimum absolute atomic E-state index is 0.0885. The van der Waals surface area contributed by atoms with Crippen LogP contribution in [0, 0.1) is 5.41 Å². The van der Waals surface area contributed by atoms with Gasteiger partial charge >= 0.3 is 0 Å². The molecule has 3 heterocycles. The molecule has 0 saturated carbocycles. The second-order valence-electron chi connectivity index (χ2n) is 10.9. The first-order valence-electron chi connectivity index (χ1n) is 12.7. The minimum Gasteiger partial charge on any atom is -0.369 e. The van der Waals surface area contributed by atoms with Gasteiger partial charge in [-0.3, -0.25) is 19.3 Å². The summed E-state index contributed by atoms with van der Waals surface area (Å²) in [5, 5.41) is 6.74. The minimum atomic E-state index is -0.937. The number of carbonyl (C=O) groups is 3. The van der Waals surface area contributed by atoms with Crippen LogP contribution in [0.2, 0.25) is 5.02 Å². The van der Waals surface area contributed by atoms with Gasteiger partial charge in [0.1, 0.15) is 5.54 Å². The van der Waals surface area contributed by atoms with E-state index in [4.69, 9.17) is 11.6 Å². The van der Waals surface area contributed by atoms with Crippen LogP contribution in [0.25, 0.3) is 0 Å². The van der Waals surface area contributed by atoms with Crippen molar-refractivity contribution in [2.45, 2.75) is 58.0 Å². The average molecular weight is 504 g/mol. The standard InChI is InChI=1S/C26H38ClN5O3/c1-19(33)29-25(2,3)24(35)32-11-8-26(9-12-32)18-21(28-23(26)34)7-10-30-13-15-31(16-14-30)22-6-4-5-20(27)17-22/h4-6,17,21H,7-16,18H2,1-3H3,(H,28,34)(H,29,33). The van der Waals surface area contributed by atoms with Crippen LogP contribution in [0.15, 0.2) is 24.3 Å². The zero-order valence-corrected chi connectivity index (χ0v) is 21.9. The molecule has 1 aromatic rings. The maximum Gasteiger partial charge on any atom is 0.247 e. The Morgan fingerprint density at radius 2 is 1.83 bits per heavy atom. The Morgan fingerprint density at radius 3 is 2.46 bits per heavy atom. The summed E-state index contributed by atoms with van der Waals surface area (Å²) in [6.45, 7) is 10.9. The topological polar surface area (TPSA) is 85.0 Å². The van der Waals surface area contributed by atoms with Crippen molar-refractivity contribution in [1.82, 2.24) is 20.4 Å². The second kappa shape index (κ2) is 10.3. The first-order chi connectivity index (χ1) is 16.6. The molecule has 0 bridgehead atoms. The van der Waals surface area contributed by atoms with Crippen molar-refractivity contribution in [2.24, 2.45) is 5.41 Å². The van der Waals surface area contributed by atoms with Gasteiger partial charge in [-0.25, -0.2) is 0 Å². The Labute approximate surface area is 213 Å². The Balaban J connectivity index is 1.23. The summed E-state index contributed by atoms with van der Waals surface area (Å²) in [7, 11) is 0. The lowest BCUT2D eigenvalue weighted by atomic mass is 9.75. The lowest BCUT2D eigenvalue weighted by Gasteiger charge is -2.40. The van der Waals surface area contributed by atoms with Crippen molar-refractivity contribution in [1.29, 1.82) is 0 Å². The summed E-state index contributed by atoms with van der Waals surface area (Å²) in [5.74, 6) is -0.170. The predicted octanol–water partition coefficient (Wildman–Crippen LogP) is 2.26. The summed E-state index contributed by atoms with van der Waals surface area (Å²) >= 11 is 6.14. The lowest BCUT2D eigenvalue weighted by Crippen LogP contribution is -2.58. The van der Waals surface area contributed by atoms with Crippen molar-refractivity contribution >= 4 is 35.0 Å². The summed E-state index contributed by atoms with van der Waals surface area (Å²) < 4.78 is 0. The average Bonchev–Trinajstić information content (AvgIpc) is 3.12. The van der Waals surface area contributed by atoms with Gasteiger partial charge in [0.15, 0.2) is 0 Å². The molecule has 192 valence electrons. The van der Waals surface area contributed by atoms with Crippen LogP contribution in [0.4, 0.5) is 5.69 Å². The Kier molecular flexibility index (Phi) is 7.62. The fourth-order valence-corrected chi connectivity index (χ4v) is 6.01. The first kappa shape index (κ1) is 25.8. The molecule has 4 rings (SSSR count). The molecule has 3 fully saturated rings. The molecule has 0 aromatic heterocycles. The number of piperazine rings is 1. The second-order valence-corrected chi connectivity index (χ2v) is 11.3. The number of piperidine rings is 1. The Hall–Kier alpha value is -2.32. The predicted molar refractivity (Wildman–Crippen MR) is 137 cm³/mol. The molecule has 0 aliphatic carbocycles. The van der Waals surface area contributed by atoms with E-state index in [1.807, 2.05) is 18.2 Å². The molecule has 1 aromatic carbocycles. The van der Waals surface area contributed by atoms with Crippen LogP contribution >= 0.6 is 11.6 Å². The molecule has 3 saturated heterocycles. The van der Waals surface area contributed by atoms with Gasteiger partial charge in [0.25, 0.3) is 0 Å². The van der Waals surface area contributed by atoms with Crippen LogP contribution < -0.4 is 15.5 Å². The summed E-state index contributed by atoms with van der Waals surface area (Å²) in [5.41, 5.74) is -0.134. The highest BCUT2D eigenvalue weighted by Crippen LogP contribution is 2.41. The highest BCUT2D eigenvalue weighted by molar-refractivity contribution is 6.30. The van der Waals surface area contributed by atoms with Crippen molar-refractivity contribution < 1.29 is 14.4 Å². The van der Waals surface area contributed by atoms with Gasteiger partial charge in [-0.05, 0) is 57.7 Å². The number of anilines is 1. The van der Waals surface area contributed by atoms with E-state index in [1.54, 1.807) is 18.7 Å². The Morgan fingerprint density at radius 1 is 1.14 bits per heavy atom. The van der Waals surface area contributed by atoms with Gasteiger partial charge in [-0.2, -0.15) is 0 Å². The maximum absolute atomic E-state index is 13.0. The molecule has 1 spiro atoms. The number of carbonyl (C=O) groups excluding carboxylic acids is 3. The van der Waals surface area contributed by atoms with E-state index in [2.05, 4.69) is 26.5 Å². The van der Waals surface area contributed by atoms with Crippen molar-refractivity contribution in [3.8, 4) is 0 Å². The molecule has 35 heavy (non-hydrogen) atoms. The van der Waals surface area contributed by atoms with Crippen LogP contribution in [-0.2, 0) is 14.4 Å². The maximum atomic E-state index is 13.0. The number of likely N-dealkylation sites (tertiary alicyclic amines) is 1. The summed E-state index contributed by atoms with van der Waals surface area (Å²) in [6.07, 6.45) is 3.14. The van der Waals surface area contributed by atoms with Crippen molar-refractivity contribution in [2.75, 3.05) is 50.7 Å². The third-order valence-corrected chi connectivity index (χ3v) is 8.06.